The zero-order valence-electron chi connectivity index (χ0n) is 9.18. The molecule has 1 atom stereocenters. The van der Waals surface area contributed by atoms with Gasteiger partial charge in [-0.25, -0.2) is 0 Å². The molecule has 0 rings (SSSR count). The van der Waals surface area contributed by atoms with E-state index in [-0.39, 0.29) is 21.1 Å². The van der Waals surface area contributed by atoms with Crippen molar-refractivity contribution in [3.8, 4) is 5.63 Å². The molecule has 3 N–H and O–H groups in total. The first-order chi connectivity index (χ1) is 7.65. The van der Waals surface area contributed by atoms with Crippen molar-refractivity contribution in [2.24, 2.45) is 5.73 Å². The molecule has 0 radical (unpaired) electrons. The predicted octanol–water partition coefficient (Wildman–Crippen LogP) is 0.827. The number of allylic oxidation sites excluding steroid dienone is 1. The Kier molecular flexibility index (Phi) is 8.87. The van der Waals surface area contributed by atoms with E-state index in [1.807, 2.05) is 0 Å². The van der Waals surface area contributed by atoms with E-state index in [9.17, 15) is 9.36 Å². The SMILES string of the molecule is CCOC(=O)C(N)C=C(C#P=O)CCCO. The Labute approximate surface area is 95.8 Å². The quantitative estimate of drug-likeness (QED) is 0.534. The summed E-state index contributed by atoms with van der Waals surface area (Å²) in [7, 11) is -0.272. The third-order valence-electron chi connectivity index (χ3n) is 1.73. The molecule has 0 aromatic rings. The average Bonchev–Trinajstić information content (AvgIpc) is 2.26. The number of hydrogen-bond donors (Lipinski definition) is 2. The topological polar surface area (TPSA) is 89.6 Å². The van der Waals surface area contributed by atoms with E-state index in [4.69, 9.17) is 15.6 Å². The maximum atomic E-state index is 11.2. The third kappa shape index (κ3) is 6.59. The van der Waals surface area contributed by atoms with Crippen LogP contribution in [0.1, 0.15) is 19.8 Å². The molecule has 90 valence electrons. The molecule has 5 nitrogen and oxygen atoms in total. The Morgan fingerprint density at radius 1 is 1.69 bits per heavy atom. The van der Waals surface area contributed by atoms with Gasteiger partial charge in [0.15, 0.2) is 0 Å². The van der Waals surface area contributed by atoms with Crippen LogP contribution >= 0.6 is 7.92 Å². The van der Waals surface area contributed by atoms with Crippen molar-refractivity contribution in [2.75, 3.05) is 13.2 Å². The van der Waals surface area contributed by atoms with Gasteiger partial charge in [0.05, 0.1) is 0 Å². The summed E-state index contributed by atoms with van der Waals surface area (Å²) in [5.74, 6) is -0.534. The van der Waals surface area contributed by atoms with E-state index in [1.165, 1.54) is 6.08 Å². The molecule has 0 spiro atoms. The summed E-state index contributed by atoms with van der Waals surface area (Å²) in [6, 6.07) is -0.886. The van der Waals surface area contributed by atoms with Gasteiger partial charge in [0.2, 0.25) is 0 Å². The third-order valence-corrected chi connectivity index (χ3v) is 2.11. The van der Waals surface area contributed by atoms with Gasteiger partial charge in [-0.15, -0.1) is 0 Å². The van der Waals surface area contributed by atoms with Crippen molar-refractivity contribution in [2.45, 2.75) is 25.8 Å². The van der Waals surface area contributed by atoms with E-state index in [0.29, 0.717) is 18.4 Å². The van der Waals surface area contributed by atoms with Crippen molar-refractivity contribution >= 4 is 13.9 Å². The van der Waals surface area contributed by atoms with E-state index in [1.54, 1.807) is 6.92 Å². The van der Waals surface area contributed by atoms with Crippen LogP contribution in [-0.2, 0) is 14.1 Å². The number of carbonyl (C=O) groups excluding carboxylic acids is 1. The molecule has 0 aliphatic carbocycles. The van der Waals surface area contributed by atoms with Gasteiger partial charge in [-0.3, -0.25) is 0 Å². The predicted molar refractivity (Wildman–Crippen MR) is 60.5 cm³/mol. The first kappa shape index (κ1) is 15.1. The molecule has 0 aliphatic rings. The van der Waals surface area contributed by atoms with Crippen molar-refractivity contribution in [1.29, 1.82) is 0 Å². The van der Waals surface area contributed by atoms with Crippen molar-refractivity contribution in [3.05, 3.63) is 11.6 Å². The molecule has 0 fully saturated rings. The standard InChI is InChI=1S/C10H16NO4P/c1-2-15-10(13)9(11)6-8(7-16-14)4-3-5-12/h6,9,12H,2-5,11H2,1H3. The summed E-state index contributed by atoms with van der Waals surface area (Å²) in [6.45, 7) is 1.97. The number of carbonyl (C=O) groups is 1. The van der Waals surface area contributed by atoms with Gasteiger partial charge in [0.1, 0.15) is 0 Å². The Morgan fingerprint density at radius 2 is 2.38 bits per heavy atom. The van der Waals surface area contributed by atoms with Gasteiger partial charge >= 0.3 is 95.1 Å². The molecule has 0 bridgehead atoms. The van der Waals surface area contributed by atoms with Gasteiger partial charge in [-0.1, -0.05) is 0 Å². The summed E-state index contributed by atoms with van der Waals surface area (Å²) >= 11 is 0. The van der Waals surface area contributed by atoms with Crippen LogP contribution in [0.25, 0.3) is 0 Å². The van der Waals surface area contributed by atoms with Crippen LogP contribution in [0.2, 0.25) is 0 Å². The van der Waals surface area contributed by atoms with Crippen molar-refractivity contribution in [3.63, 3.8) is 0 Å². The fourth-order valence-corrected chi connectivity index (χ4v) is 1.33. The zero-order chi connectivity index (χ0) is 12.4. The fourth-order valence-electron chi connectivity index (χ4n) is 1.03. The molecule has 0 amide bonds. The summed E-state index contributed by atoms with van der Waals surface area (Å²) in [6.07, 6.45) is 2.42. The molecule has 0 heterocycles. The van der Waals surface area contributed by atoms with Gasteiger partial charge in [-0.2, -0.15) is 0 Å². The first-order valence-electron chi connectivity index (χ1n) is 4.97. The van der Waals surface area contributed by atoms with Crippen LogP contribution in [0.4, 0.5) is 0 Å². The number of hydrogen-bond acceptors (Lipinski definition) is 5. The second kappa shape index (κ2) is 9.37. The molecule has 6 heteroatoms. The number of ether oxygens (including phenoxy) is 1. The summed E-state index contributed by atoms with van der Waals surface area (Å²) in [5.41, 5.74) is 8.62. The van der Waals surface area contributed by atoms with E-state index < -0.39 is 12.0 Å². The van der Waals surface area contributed by atoms with E-state index in [0.717, 1.165) is 0 Å². The van der Waals surface area contributed by atoms with Crippen LogP contribution < -0.4 is 5.73 Å². The van der Waals surface area contributed by atoms with E-state index >= 15 is 0 Å². The molecule has 0 saturated heterocycles. The van der Waals surface area contributed by atoms with Gasteiger partial charge in [0, 0.05) is 0 Å². The number of aliphatic hydroxyl groups is 1. The molecule has 0 aliphatic heterocycles. The molecule has 0 saturated carbocycles. The Balaban J connectivity index is 4.55. The van der Waals surface area contributed by atoms with Crippen LogP contribution in [0.15, 0.2) is 11.6 Å². The Morgan fingerprint density at radius 3 is 2.88 bits per heavy atom. The average molecular weight is 245 g/mol. The van der Waals surface area contributed by atoms with Crippen LogP contribution in [-0.4, -0.2) is 30.3 Å². The van der Waals surface area contributed by atoms with Crippen LogP contribution in [0.3, 0.4) is 0 Å². The molecule has 16 heavy (non-hydrogen) atoms. The maximum absolute atomic E-state index is 11.2. The fraction of sp³-hybridized carbons (Fsp3) is 0.600. The Hall–Kier alpha value is -0.860. The van der Waals surface area contributed by atoms with Crippen LogP contribution in [0.5, 0.6) is 0 Å². The molecular formula is C10H16NO4P. The minimum absolute atomic E-state index is 0.0173. The summed E-state index contributed by atoms with van der Waals surface area (Å²) in [5, 5.41) is 8.65. The number of aliphatic hydroxyl groups excluding tert-OH is 1. The normalized spacial score (nSPS) is 12.8. The van der Waals surface area contributed by atoms with E-state index in [2.05, 4.69) is 5.63 Å². The zero-order valence-corrected chi connectivity index (χ0v) is 10.1. The monoisotopic (exact) mass is 245 g/mol. The molecule has 0 aromatic heterocycles. The first-order valence-corrected chi connectivity index (χ1v) is 5.79. The number of nitrogens with two attached hydrogens (primary N) is 1. The minimum atomic E-state index is -0.886. The second-order valence-corrected chi connectivity index (χ2v) is 3.41. The summed E-state index contributed by atoms with van der Waals surface area (Å²) in [4.78, 5) is 11.2. The summed E-state index contributed by atoms with van der Waals surface area (Å²) < 4.78 is 15.1. The second-order valence-electron chi connectivity index (χ2n) is 3.00. The Bertz CT molecular complexity index is 347. The van der Waals surface area contributed by atoms with Gasteiger partial charge in [0.25, 0.3) is 0 Å². The molecule has 1 unspecified atom stereocenters. The molecule has 0 aromatic carbocycles. The number of rotatable bonds is 6. The van der Waals surface area contributed by atoms with Crippen molar-refractivity contribution < 1.29 is 19.2 Å². The number of esters is 1. The van der Waals surface area contributed by atoms with Gasteiger partial charge in [-0.05, 0) is 0 Å². The van der Waals surface area contributed by atoms with Crippen molar-refractivity contribution in [1.82, 2.24) is 0 Å². The van der Waals surface area contributed by atoms with Crippen LogP contribution in [0, 0.1) is 5.63 Å². The van der Waals surface area contributed by atoms with Gasteiger partial charge < -0.3 is 0 Å². The molecular weight excluding hydrogens is 229 g/mol.